The molecule has 1 aliphatic carbocycles. The van der Waals surface area contributed by atoms with Crippen molar-refractivity contribution < 1.29 is 9.90 Å². The molecule has 2 aromatic rings. The van der Waals surface area contributed by atoms with Crippen LogP contribution in [0.2, 0.25) is 0 Å². The highest BCUT2D eigenvalue weighted by atomic mass is 16.3. The number of hydrogen-bond acceptors (Lipinski definition) is 3. The minimum absolute atomic E-state index is 0.00370. The van der Waals surface area contributed by atoms with Gasteiger partial charge < -0.3 is 15.3 Å². The second-order valence-electron chi connectivity index (χ2n) is 7.15. The van der Waals surface area contributed by atoms with Crippen molar-refractivity contribution in [2.24, 2.45) is 5.92 Å². The first-order valence-electron chi connectivity index (χ1n) is 9.74. The van der Waals surface area contributed by atoms with Crippen LogP contribution in [0, 0.1) is 5.92 Å². The molecule has 1 aromatic heterocycles. The summed E-state index contributed by atoms with van der Waals surface area (Å²) in [7, 11) is 0. The summed E-state index contributed by atoms with van der Waals surface area (Å²) >= 11 is 0. The monoisotopic (exact) mass is 355 g/mol. The van der Waals surface area contributed by atoms with Gasteiger partial charge in [-0.1, -0.05) is 50.3 Å². The third kappa shape index (κ3) is 4.94. The molecule has 0 saturated heterocycles. The molecule has 1 saturated carbocycles. The second-order valence-corrected chi connectivity index (χ2v) is 7.15. The van der Waals surface area contributed by atoms with Crippen molar-refractivity contribution in [2.75, 3.05) is 19.7 Å². The van der Waals surface area contributed by atoms with Crippen LogP contribution < -0.4 is 5.32 Å². The highest BCUT2D eigenvalue weighted by molar-refractivity contribution is 5.82. The molecule has 2 amide bonds. The largest absolute Gasteiger partial charge is 0.395 e. The van der Waals surface area contributed by atoms with E-state index in [-0.39, 0.29) is 12.6 Å². The molecule has 3 rings (SSSR count). The van der Waals surface area contributed by atoms with E-state index in [1.54, 1.807) is 11.1 Å². The number of aliphatic hydroxyl groups excluding tert-OH is 1. The van der Waals surface area contributed by atoms with Crippen molar-refractivity contribution in [1.82, 2.24) is 15.2 Å². The molecular formula is C21H29N3O2. The van der Waals surface area contributed by atoms with Gasteiger partial charge in [-0.25, -0.2) is 4.79 Å². The molecule has 1 aliphatic rings. The topological polar surface area (TPSA) is 65.5 Å². The first kappa shape index (κ1) is 18.6. The third-order valence-corrected chi connectivity index (χ3v) is 5.36. The molecule has 0 radical (unpaired) electrons. The number of amides is 2. The number of urea groups is 1. The molecule has 5 heteroatoms. The summed E-state index contributed by atoms with van der Waals surface area (Å²) in [6, 6.07) is 9.79. The molecule has 0 unspecified atom stereocenters. The van der Waals surface area contributed by atoms with Gasteiger partial charge in [-0.3, -0.25) is 4.98 Å². The normalized spacial score (nSPS) is 15.1. The molecule has 0 bridgehead atoms. The summed E-state index contributed by atoms with van der Waals surface area (Å²) < 4.78 is 0. The zero-order valence-corrected chi connectivity index (χ0v) is 15.4. The van der Waals surface area contributed by atoms with Crippen LogP contribution in [-0.2, 0) is 6.54 Å². The predicted molar refractivity (Wildman–Crippen MR) is 104 cm³/mol. The van der Waals surface area contributed by atoms with Crippen molar-refractivity contribution in [2.45, 2.75) is 45.1 Å². The Kier molecular flexibility index (Phi) is 6.83. The van der Waals surface area contributed by atoms with Gasteiger partial charge in [0.15, 0.2) is 0 Å². The Balaban J connectivity index is 1.56. The van der Waals surface area contributed by atoms with E-state index in [1.165, 1.54) is 32.1 Å². The summed E-state index contributed by atoms with van der Waals surface area (Å²) in [5.74, 6) is 0.724. The molecule has 1 fully saturated rings. The van der Waals surface area contributed by atoms with E-state index in [0.717, 1.165) is 28.8 Å². The third-order valence-electron chi connectivity index (χ3n) is 5.36. The molecule has 1 aromatic carbocycles. The van der Waals surface area contributed by atoms with Gasteiger partial charge in [0.25, 0.3) is 0 Å². The number of carbonyl (C=O) groups excluding carboxylic acids is 1. The molecule has 0 aliphatic heterocycles. The van der Waals surface area contributed by atoms with E-state index in [0.29, 0.717) is 19.6 Å². The number of rotatable bonds is 7. The van der Waals surface area contributed by atoms with Crippen LogP contribution in [0.3, 0.4) is 0 Å². The average Bonchev–Trinajstić information content (AvgIpc) is 2.70. The number of para-hydroxylation sites is 1. The number of pyridine rings is 1. The number of hydrogen-bond donors (Lipinski definition) is 2. The number of nitrogens with one attached hydrogen (secondary N) is 1. The molecule has 26 heavy (non-hydrogen) atoms. The van der Waals surface area contributed by atoms with Crippen molar-refractivity contribution in [1.29, 1.82) is 0 Å². The fourth-order valence-corrected chi connectivity index (χ4v) is 3.84. The number of nitrogens with zero attached hydrogens (tertiary/aromatic N) is 2. The van der Waals surface area contributed by atoms with Crippen LogP contribution in [0.5, 0.6) is 0 Å². The molecular weight excluding hydrogens is 326 g/mol. The SMILES string of the molecule is O=C(NCc1ccnc2ccccc12)N(CCO)CCC1CCCCC1. The summed E-state index contributed by atoms with van der Waals surface area (Å²) in [5.41, 5.74) is 1.99. The lowest BCUT2D eigenvalue weighted by Gasteiger charge is -2.27. The Morgan fingerprint density at radius 2 is 1.96 bits per heavy atom. The van der Waals surface area contributed by atoms with E-state index >= 15 is 0 Å². The van der Waals surface area contributed by atoms with E-state index < -0.39 is 0 Å². The summed E-state index contributed by atoms with van der Waals surface area (Å²) in [5, 5.41) is 13.4. The highest BCUT2D eigenvalue weighted by Crippen LogP contribution is 2.26. The van der Waals surface area contributed by atoms with Crippen molar-refractivity contribution in [3.8, 4) is 0 Å². The molecule has 0 atom stereocenters. The zero-order chi connectivity index (χ0) is 18.2. The number of aromatic nitrogens is 1. The van der Waals surface area contributed by atoms with Gasteiger partial charge in [-0.2, -0.15) is 0 Å². The van der Waals surface area contributed by atoms with Crippen molar-refractivity contribution >= 4 is 16.9 Å². The fraction of sp³-hybridized carbons (Fsp3) is 0.524. The maximum atomic E-state index is 12.6. The smallest absolute Gasteiger partial charge is 0.317 e. The maximum absolute atomic E-state index is 12.6. The first-order chi connectivity index (χ1) is 12.8. The fourth-order valence-electron chi connectivity index (χ4n) is 3.84. The van der Waals surface area contributed by atoms with Crippen LogP contribution in [0.1, 0.15) is 44.1 Å². The van der Waals surface area contributed by atoms with Gasteiger partial charge in [0.05, 0.1) is 12.1 Å². The molecule has 5 nitrogen and oxygen atoms in total. The van der Waals surface area contributed by atoms with Crippen LogP contribution >= 0.6 is 0 Å². The Labute approximate surface area is 155 Å². The number of fused-ring (bicyclic) bond motifs is 1. The van der Waals surface area contributed by atoms with Crippen LogP contribution in [-0.4, -0.2) is 40.7 Å². The van der Waals surface area contributed by atoms with Gasteiger partial charge in [-0.05, 0) is 30.0 Å². The van der Waals surface area contributed by atoms with Gasteiger partial charge in [0, 0.05) is 31.2 Å². The quantitative estimate of drug-likeness (QED) is 0.796. The van der Waals surface area contributed by atoms with Crippen molar-refractivity contribution in [3.05, 3.63) is 42.1 Å². The van der Waals surface area contributed by atoms with Crippen LogP contribution in [0.25, 0.3) is 10.9 Å². The predicted octanol–water partition coefficient (Wildman–Crippen LogP) is 3.71. The second kappa shape index (κ2) is 9.53. The summed E-state index contributed by atoms with van der Waals surface area (Å²) in [6.07, 6.45) is 9.33. The lowest BCUT2D eigenvalue weighted by molar-refractivity contribution is 0.169. The highest BCUT2D eigenvalue weighted by Gasteiger charge is 2.18. The van der Waals surface area contributed by atoms with Gasteiger partial charge in [0.2, 0.25) is 0 Å². The van der Waals surface area contributed by atoms with E-state index in [4.69, 9.17) is 0 Å². The van der Waals surface area contributed by atoms with Gasteiger partial charge in [0.1, 0.15) is 0 Å². The van der Waals surface area contributed by atoms with Crippen molar-refractivity contribution in [3.63, 3.8) is 0 Å². The Morgan fingerprint density at radius 1 is 1.15 bits per heavy atom. The van der Waals surface area contributed by atoms with Gasteiger partial charge >= 0.3 is 6.03 Å². The molecule has 140 valence electrons. The standard InChI is InChI=1S/C21H29N3O2/c25-15-14-24(13-11-17-6-2-1-3-7-17)21(26)23-16-18-10-12-22-20-9-5-4-8-19(18)20/h4-5,8-10,12,17,25H,1-3,6-7,11,13-16H2,(H,23,26). The lowest BCUT2D eigenvalue weighted by atomic mass is 9.87. The number of carbonyl (C=O) groups is 1. The minimum atomic E-state index is -0.101. The molecule has 1 heterocycles. The van der Waals surface area contributed by atoms with Crippen LogP contribution in [0.4, 0.5) is 4.79 Å². The molecule has 2 N–H and O–H groups in total. The van der Waals surface area contributed by atoms with E-state index in [9.17, 15) is 9.90 Å². The summed E-state index contributed by atoms with van der Waals surface area (Å²) in [4.78, 5) is 18.7. The Morgan fingerprint density at radius 3 is 2.77 bits per heavy atom. The number of benzene rings is 1. The Bertz CT molecular complexity index is 708. The zero-order valence-electron chi connectivity index (χ0n) is 15.4. The number of aliphatic hydroxyl groups is 1. The van der Waals surface area contributed by atoms with Crippen LogP contribution in [0.15, 0.2) is 36.5 Å². The Hall–Kier alpha value is -2.14. The maximum Gasteiger partial charge on any atom is 0.317 e. The lowest BCUT2D eigenvalue weighted by Crippen LogP contribution is -2.42. The first-order valence-corrected chi connectivity index (χ1v) is 9.74. The minimum Gasteiger partial charge on any atom is -0.395 e. The van der Waals surface area contributed by atoms with E-state index in [2.05, 4.69) is 10.3 Å². The molecule has 0 spiro atoms. The average molecular weight is 355 g/mol. The van der Waals surface area contributed by atoms with Gasteiger partial charge in [-0.15, -0.1) is 0 Å². The van der Waals surface area contributed by atoms with E-state index in [1.807, 2.05) is 30.3 Å². The summed E-state index contributed by atoms with van der Waals surface area (Å²) in [6.45, 7) is 1.56.